The second kappa shape index (κ2) is 10.8. The minimum atomic E-state index is -0.988. The van der Waals surface area contributed by atoms with Crippen molar-refractivity contribution >= 4 is 34.9 Å². The summed E-state index contributed by atoms with van der Waals surface area (Å²) in [6, 6.07) is 13.6. The Bertz CT molecular complexity index is 1250. The third kappa shape index (κ3) is 6.19. The summed E-state index contributed by atoms with van der Waals surface area (Å²) < 4.78 is 9.22. The molecule has 10 heteroatoms. The molecule has 3 amide bonds. The Morgan fingerprint density at radius 2 is 1.69 bits per heavy atom. The minimum absolute atomic E-state index is 0.0398. The van der Waals surface area contributed by atoms with E-state index in [0.29, 0.717) is 11.3 Å². The molecule has 5 N–H and O–H groups in total. The third-order valence-corrected chi connectivity index (χ3v) is 6.23. The molecule has 1 aromatic heterocycles. The monoisotopic (exact) mass is 509 g/mol. The minimum Gasteiger partial charge on any atom is -0.497 e. The maximum atomic E-state index is 13.9. The van der Waals surface area contributed by atoms with Gasteiger partial charge in [0.05, 0.1) is 12.8 Å². The zero-order valence-corrected chi connectivity index (χ0v) is 21.8. The standard InChI is InChI=1S/C26H31N5O4S/c1-15-6-10-17(11-7-15)21(24(33)29-26(2,3)4)31(14-16-8-12-18(35-5)13-9-16)25(34)22-19(27)20(23(28)32)30-36-22/h6-13,21H,14,27H2,1-5H3,(H2,28,32)(H,29,33)/t21-/m0/s1. The lowest BCUT2D eigenvalue weighted by molar-refractivity contribution is -0.127. The fraction of sp³-hybridized carbons (Fsp3) is 0.308. The van der Waals surface area contributed by atoms with Crippen molar-refractivity contribution in [2.24, 2.45) is 5.73 Å². The van der Waals surface area contributed by atoms with Gasteiger partial charge in [-0.2, -0.15) is 4.37 Å². The Balaban J connectivity index is 2.15. The highest BCUT2D eigenvalue weighted by Gasteiger charge is 2.36. The van der Waals surface area contributed by atoms with Crippen LogP contribution >= 0.6 is 11.5 Å². The molecule has 1 heterocycles. The second-order valence-electron chi connectivity index (χ2n) is 9.47. The predicted molar refractivity (Wildman–Crippen MR) is 140 cm³/mol. The van der Waals surface area contributed by atoms with Gasteiger partial charge < -0.3 is 26.4 Å². The molecular formula is C26H31N5O4S. The Kier molecular flexibility index (Phi) is 7.99. The van der Waals surface area contributed by atoms with Gasteiger partial charge in [0, 0.05) is 12.1 Å². The van der Waals surface area contributed by atoms with Gasteiger partial charge in [-0.15, -0.1) is 0 Å². The highest BCUT2D eigenvalue weighted by Crippen LogP contribution is 2.31. The summed E-state index contributed by atoms with van der Waals surface area (Å²) in [4.78, 5) is 40.8. The first kappa shape index (κ1) is 26.7. The van der Waals surface area contributed by atoms with Crippen molar-refractivity contribution in [3.8, 4) is 5.75 Å². The number of rotatable bonds is 8. The number of hydrogen-bond donors (Lipinski definition) is 3. The van der Waals surface area contributed by atoms with Crippen molar-refractivity contribution in [1.82, 2.24) is 14.6 Å². The summed E-state index contributed by atoms with van der Waals surface area (Å²) in [5, 5.41) is 2.99. The van der Waals surface area contributed by atoms with Crippen LogP contribution in [-0.2, 0) is 11.3 Å². The number of anilines is 1. The number of amides is 3. The van der Waals surface area contributed by atoms with Crippen LogP contribution in [0.5, 0.6) is 5.75 Å². The van der Waals surface area contributed by atoms with Gasteiger partial charge in [-0.1, -0.05) is 42.0 Å². The molecule has 3 rings (SSSR count). The van der Waals surface area contributed by atoms with E-state index in [1.54, 1.807) is 19.2 Å². The molecule has 1 atom stereocenters. The number of ether oxygens (including phenoxy) is 1. The maximum Gasteiger partial charge on any atom is 0.270 e. The maximum absolute atomic E-state index is 13.9. The van der Waals surface area contributed by atoms with Crippen LogP contribution in [-0.4, -0.2) is 39.6 Å². The zero-order valence-electron chi connectivity index (χ0n) is 21.0. The molecule has 0 saturated heterocycles. The number of hydrogen-bond acceptors (Lipinski definition) is 7. The van der Waals surface area contributed by atoms with Gasteiger partial charge in [-0.25, -0.2) is 0 Å². The van der Waals surface area contributed by atoms with Crippen molar-refractivity contribution in [2.45, 2.75) is 45.8 Å². The van der Waals surface area contributed by atoms with Gasteiger partial charge in [-0.05, 0) is 62.5 Å². The molecule has 0 fully saturated rings. The lowest BCUT2D eigenvalue weighted by Gasteiger charge is -2.33. The lowest BCUT2D eigenvalue weighted by atomic mass is 9.99. The van der Waals surface area contributed by atoms with Crippen LogP contribution < -0.4 is 21.5 Å². The molecule has 0 bridgehead atoms. The third-order valence-electron chi connectivity index (χ3n) is 5.38. The molecule has 36 heavy (non-hydrogen) atoms. The second-order valence-corrected chi connectivity index (χ2v) is 10.2. The normalized spacial score (nSPS) is 12.0. The van der Waals surface area contributed by atoms with Crippen molar-refractivity contribution in [3.63, 3.8) is 0 Å². The van der Waals surface area contributed by atoms with Crippen molar-refractivity contribution in [2.75, 3.05) is 12.8 Å². The summed E-state index contributed by atoms with van der Waals surface area (Å²) in [7, 11) is 1.57. The quantitative estimate of drug-likeness (QED) is 0.425. The van der Waals surface area contributed by atoms with Crippen molar-refractivity contribution in [1.29, 1.82) is 0 Å². The molecule has 9 nitrogen and oxygen atoms in total. The summed E-state index contributed by atoms with van der Waals surface area (Å²) in [6.07, 6.45) is 0. The Labute approximate surface area is 214 Å². The highest BCUT2D eigenvalue weighted by molar-refractivity contribution is 7.09. The van der Waals surface area contributed by atoms with Gasteiger partial charge in [0.2, 0.25) is 5.91 Å². The van der Waals surface area contributed by atoms with E-state index >= 15 is 0 Å². The number of nitrogens with two attached hydrogens (primary N) is 2. The highest BCUT2D eigenvalue weighted by atomic mass is 32.1. The molecule has 0 aliphatic rings. The Morgan fingerprint density at radius 3 is 2.19 bits per heavy atom. The molecular weight excluding hydrogens is 478 g/mol. The molecule has 2 aromatic carbocycles. The lowest BCUT2D eigenvalue weighted by Crippen LogP contribution is -2.49. The van der Waals surface area contributed by atoms with Crippen molar-refractivity contribution < 1.29 is 19.1 Å². The number of nitrogen functional groups attached to an aromatic ring is 1. The van der Waals surface area contributed by atoms with Crippen LogP contribution in [0.4, 0.5) is 5.69 Å². The first-order chi connectivity index (χ1) is 16.9. The fourth-order valence-electron chi connectivity index (χ4n) is 3.63. The smallest absolute Gasteiger partial charge is 0.270 e. The predicted octanol–water partition coefficient (Wildman–Crippen LogP) is 3.44. The first-order valence-electron chi connectivity index (χ1n) is 11.3. The van der Waals surface area contributed by atoms with Crippen LogP contribution in [0.3, 0.4) is 0 Å². The molecule has 0 radical (unpaired) electrons. The van der Waals surface area contributed by atoms with Gasteiger partial charge in [-0.3, -0.25) is 14.4 Å². The average Bonchev–Trinajstić information content (AvgIpc) is 3.20. The molecule has 0 aliphatic carbocycles. The molecule has 0 spiro atoms. The number of carbonyl (C=O) groups is 3. The summed E-state index contributed by atoms with van der Waals surface area (Å²) >= 11 is 0.779. The van der Waals surface area contributed by atoms with Crippen LogP contribution in [0.15, 0.2) is 48.5 Å². The molecule has 190 valence electrons. The Morgan fingerprint density at radius 1 is 1.08 bits per heavy atom. The molecule has 0 unspecified atom stereocenters. The molecule has 0 aliphatic heterocycles. The van der Waals surface area contributed by atoms with Crippen LogP contribution in [0.25, 0.3) is 0 Å². The van der Waals surface area contributed by atoms with E-state index in [1.807, 2.05) is 64.1 Å². The van der Waals surface area contributed by atoms with E-state index in [9.17, 15) is 14.4 Å². The number of aromatic nitrogens is 1. The van der Waals surface area contributed by atoms with E-state index in [-0.39, 0.29) is 28.7 Å². The summed E-state index contributed by atoms with van der Waals surface area (Å²) in [5.74, 6) is -1.06. The molecule has 0 saturated carbocycles. The van der Waals surface area contributed by atoms with Gasteiger partial charge >= 0.3 is 0 Å². The van der Waals surface area contributed by atoms with E-state index in [1.165, 1.54) is 4.90 Å². The van der Waals surface area contributed by atoms with E-state index in [0.717, 1.165) is 22.7 Å². The van der Waals surface area contributed by atoms with Crippen LogP contribution in [0.1, 0.15) is 63.7 Å². The first-order valence-corrected chi connectivity index (χ1v) is 12.1. The number of benzene rings is 2. The SMILES string of the molecule is COc1ccc(CN(C(=O)c2snc(C(N)=O)c2N)[C@H](C(=O)NC(C)(C)C)c2ccc(C)cc2)cc1. The van der Waals surface area contributed by atoms with Crippen LogP contribution in [0, 0.1) is 6.92 Å². The van der Waals surface area contributed by atoms with Gasteiger partial charge in [0.25, 0.3) is 11.8 Å². The number of aryl methyl sites for hydroxylation is 1. The van der Waals surface area contributed by atoms with E-state index in [2.05, 4.69) is 9.69 Å². The van der Waals surface area contributed by atoms with Crippen LogP contribution in [0.2, 0.25) is 0 Å². The number of nitrogens with one attached hydrogen (secondary N) is 1. The fourth-order valence-corrected chi connectivity index (χ4v) is 4.39. The number of carbonyl (C=O) groups excluding carboxylic acids is 3. The largest absolute Gasteiger partial charge is 0.497 e. The number of primary amides is 1. The van der Waals surface area contributed by atoms with Crippen molar-refractivity contribution in [3.05, 3.63) is 75.8 Å². The van der Waals surface area contributed by atoms with Gasteiger partial charge in [0.15, 0.2) is 5.69 Å². The van der Waals surface area contributed by atoms with E-state index < -0.39 is 23.4 Å². The van der Waals surface area contributed by atoms with E-state index in [4.69, 9.17) is 16.2 Å². The zero-order chi connectivity index (χ0) is 26.6. The Hall–Kier alpha value is -3.92. The average molecular weight is 510 g/mol. The number of nitrogens with zero attached hydrogens (tertiary/aromatic N) is 2. The topological polar surface area (TPSA) is 141 Å². The van der Waals surface area contributed by atoms with Gasteiger partial charge in [0.1, 0.15) is 16.7 Å². The summed E-state index contributed by atoms with van der Waals surface area (Å²) in [6.45, 7) is 7.63. The summed E-state index contributed by atoms with van der Waals surface area (Å²) in [5.41, 5.74) is 13.1. The molecule has 3 aromatic rings. The number of methoxy groups -OCH3 is 1.